The lowest BCUT2D eigenvalue weighted by Crippen LogP contribution is -2.52. The van der Waals surface area contributed by atoms with Crippen molar-refractivity contribution in [3.05, 3.63) is 22.7 Å². The van der Waals surface area contributed by atoms with Gasteiger partial charge < -0.3 is 25.6 Å². The Morgan fingerprint density at radius 1 is 1.35 bits per heavy atom. The number of fused-ring (bicyclic) bond motifs is 1. The number of halogens is 1. The lowest BCUT2D eigenvalue weighted by Gasteiger charge is -2.24. The number of hydrogen-bond acceptors (Lipinski definition) is 5. The molecule has 0 bridgehead atoms. The molecule has 1 heterocycles. The maximum Gasteiger partial charge on any atom is 0.240 e. The highest BCUT2D eigenvalue weighted by Crippen LogP contribution is 2.39. The fourth-order valence-electron chi connectivity index (χ4n) is 3.04. The molecule has 23 heavy (non-hydrogen) atoms. The highest BCUT2D eigenvalue weighted by atomic mass is 35.5. The van der Waals surface area contributed by atoms with Crippen molar-refractivity contribution >= 4 is 17.5 Å². The molecule has 1 atom stereocenters. The zero-order valence-corrected chi connectivity index (χ0v) is 13.6. The molecule has 6 nitrogen and oxygen atoms in total. The van der Waals surface area contributed by atoms with Crippen LogP contribution in [-0.4, -0.2) is 36.3 Å². The number of nitrogens with one attached hydrogen (secondary N) is 1. The van der Waals surface area contributed by atoms with E-state index in [-0.39, 0.29) is 12.5 Å². The van der Waals surface area contributed by atoms with Gasteiger partial charge in [0.15, 0.2) is 11.5 Å². The molecule has 1 saturated carbocycles. The van der Waals surface area contributed by atoms with Crippen molar-refractivity contribution in [3.63, 3.8) is 0 Å². The summed E-state index contributed by atoms with van der Waals surface area (Å²) < 4.78 is 10.9. The Labute approximate surface area is 139 Å². The van der Waals surface area contributed by atoms with E-state index in [4.69, 9.17) is 26.8 Å². The van der Waals surface area contributed by atoms with Crippen LogP contribution in [0, 0.1) is 0 Å². The third-order valence-electron chi connectivity index (χ3n) is 4.41. The predicted molar refractivity (Wildman–Crippen MR) is 85.8 cm³/mol. The van der Waals surface area contributed by atoms with Crippen molar-refractivity contribution in [2.75, 3.05) is 19.8 Å². The third kappa shape index (κ3) is 3.39. The van der Waals surface area contributed by atoms with E-state index in [0.717, 1.165) is 12.8 Å². The van der Waals surface area contributed by atoms with Crippen molar-refractivity contribution in [2.24, 2.45) is 5.73 Å². The van der Waals surface area contributed by atoms with Crippen LogP contribution in [0.5, 0.6) is 11.5 Å². The first-order valence-corrected chi connectivity index (χ1v) is 8.22. The van der Waals surface area contributed by atoms with Gasteiger partial charge in [-0.05, 0) is 30.5 Å². The standard InChI is InChI=1S/C16H21ClN2O4/c17-11-7-10(8-13-14(11)23-6-5-22-13)12(20)9-19-15(21)16(18)3-1-2-4-16/h7-8,12,20H,1-6,9,18H2,(H,19,21). The zero-order chi connectivity index (χ0) is 16.4. The summed E-state index contributed by atoms with van der Waals surface area (Å²) in [6.07, 6.45) is 2.40. The number of carbonyl (C=O) groups is 1. The molecular weight excluding hydrogens is 320 g/mol. The summed E-state index contributed by atoms with van der Waals surface area (Å²) in [7, 11) is 0. The van der Waals surface area contributed by atoms with E-state index >= 15 is 0 Å². The Hall–Kier alpha value is -1.50. The SMILES string of the molecule is NC1(C(=O)NCC(O)c2cc(Cl)c3c(c2)OCCO3)CCCC1. The predicted octanol–water partition coefficient (Wildman–Crippen LogP) is 1.53. The molecule has 0 spiro atoms. The number of hydrogen-bond donors (Lipinski definition) is 3. The molecule has 1 aliphatic heterocycles. The van der Waals surface area contributed by atoms with Gasteiger partial charge in [-0.15, -0.1) is 0 Å². The number of rotatable bonds is 4. The average Bonchev–Trinajstić information content (AvgIpc) is 3.00. The zero-order valence-electron chi connectivity index (χ0n) is 12.8. The van der Waals surface area contributed by atoms with Crippen molar-refractivity contribution in [3.8, 4) is 11.5 Å². The number of amides is 1. The summed E-state index contributed by atoms with van der Waals surface area (Å²) in [5.74, 6) is 0.790. The van der Waals surface area contributed by atoms with Crippen LogP contribution in [-0.2, 0) is 4.79 Å². The molecule has 1 aromatic rings. The second-order valence-corrected chi connectivity index (χ2v) is 6.52. The van der Waals surface area contributed by atoms with Crippen LogP contribution >= 0.6 is 11.6 Å². The van der Waals surface area contributed by atoms with Crippen molar-refractivity contribution in [1.82, 2.24) is 5.32 Å². The van der Waals surface area contributed by atoms with E-state index in [0.29, 0.717) is 48.1 Å². The van der Waals surface area contributed by atoms with Crippen LogP contribution in [0.15, 0.2) is 12.1 Å². The van der Waals surface area contributed by atoms with Crippen LogP contribution in [0.3, 0.4) is 0 Å². The van der Waals surface area contributed by atoms with Gasteiger partial charge in [-0.25, -0.2) is 0 Å². The van der Waals surface area contributed by atoms with Crippen molar-refractivity contribution in [1.29, 1.82) is 0 Å². The Balaban J connectivity index is 1.65. The van der Waals surface area contributed by atoms with Crippen LogP contribution in [0.2, 0.25) is 5.02 Å². The van der Waals surface area contributed by atoms with Crippen molar-refractivity contribution < 1.29 is 19.4 Å². The number of carbonyl (C=O) groups excluding carboxylic acids is 1. The van der Waals surface area contributed by atoms with Gasteiger partial charge in [0.05, 0.1) is 16.7 Å². The molecule has 3 rings (SSSR count). The third-order valence-corrected chi connectivity index (χ3v) is 4.69. The summed E-state index contributed by atoms with van der Waals surface area (Å²) in [4.78, 5) is 12.2. The van der Waals surface area contributed by atoms with Gasteiger partial charge in [-0.1, -0.05) is 24.4 Å². The average molecular weight is 341 g/mol. The summed E-state index contributed by atoms with van der Waals surface area (Å²) in [5.41, 5.74) is 5.86. The fourth-order valence-corrected chi connectivity index (χ4v) is 3.31. The molecule has 1 amide bonds. The van der Waals surface area contributed by atoms with Gasteiger partial charge in [0.2, 0.25) is 5.91 Å². The second kappa shape index (κ2) is 6.55. The minimum atomic E-state index is -0.891. The maximum absolute atomic E-state index is 12.2. The van der Waals surface area contributed by atoms with Crippen LogP contribution < -0.4 is 20.5 Å². The van der Waals surface area contributed by atoms with E-state index < -0.39 is 11.6 Å². The summed E-state index contributed by atoms with van der Waals surface area (Å²) in [5, 5.41) is 13.4. The molecule has 4 N–H and O–H groups in total. The maximum atomic E-state index is 12.2. The fraction of sp³-hybridized carbons (Fsp3) is 0.562. The van der Waals surface area contributed by atoms with Gasteiger partial charge in [0.25, 0.3) is 0 Å². The van der Waals surface area contributed by atoms with Gasteiger partial charge in [0, 0.05) is 6.54 Å². The lowest BCUT2D eigenvalue weighted by atomic mass is 9.98. The van der Waals surface area contributed by atoms with Gasteiger partial charge in [-0.2, -0.15) is 0 Å². The molecule has 0 aromatic heterocycles. The molecule has 7 heteroatoms. The summed E-state index contributed by atoms with van der Waals surface area (Å²) in [6.45, 7) is 0.965. The Bertz CT molecular complexity index is 602. The van der Waals surface area contributed by atoms with E-state index in [9.17, 15) is 9.90 Å². The van der Waals surface area contributed by atoms with Crippen LogP contribution in [0.4, 0.5) is 0 Å². The number of aliphatic hydroxyl groups excluding tert-OH is 1. The Kier molecular flexibility index (Phi) is 4.66. The highest BCUT2D eigenvalue weighted by molar-refractivity contribution is 6.32. The second-order valence-electron chi connectivity index (χ2n) is 6.12. The molecule has 2 aliphatic rings. The van der Waals surface area contributed by atoms with E-state index in [1.807, 2.05) is 0 Å². The molecule has 126 valence electrons. The number of aliphatic hydroxyl groups is 1. The number of benzene rings is 1. The Morgan fingerprint density at radius 2 is 2.04 bits per heavy atom. The topological polar surface area (TPSA) is 93.8 Å². The molecule has 0 saturated heterocycles. The normalized spacial score (nSPS) is 20.1. The largest absolute Gasteiger partial charge is 0.486 e. The smallest absolute Gasteiger partial charge is 0.240 e. The first kappa shape index (κ1) is 16.4. The molecule has 1 aromatic carbocycles. The van der Waals surface area contributed by atoms with Gasteiger partial charge in [-0.3, -0.25) is 4.79 Å². The summed E-state index contributed by atoms with van der Waals surface area (Å²) >= 11 is 6.16. The molecule has 1 unspecified atom stereocenters. The first-order valence-electron chi connectivity index (χ1n) is 7.84. The van der Waals surface area contributed by atoms with Crippen molar-refractivity contribution in [2.45, 2.75) is 37.3 Å². The molecular formula is C16H21ClN2O4. The quantitative estimate of drug-likeness (QED) is 0.773. The van der Waals surface area contributed by atoms with E-state index in [1.165, 1.54) is 0 Å². The first-order chi connectivity index (χ1) is 11.0. The minimum absolute atomic E-state index is 0.0771. The van der Waals surface area contributed by atoms with E-state index in [1.54, 1.807) is 12.1 Å². The lowest BCUT2D eigenvalue weighted by molar-refractivity contribution is -0.126. The summed E-state index contributed by atoms with van der Waals surface area (Å²) in [6, 6.07) is 3.31. The molecule has 0 radical (unpaired) electrons. The van der Waals surface area contributed by atoms with Crippen LogP contribution in [0.25, 0.3) is 0 Å². The Morgan fingerprint density at radius 3 is 2.78 bits per heavy atom. The van der Waals surface area contributed by atoms with Crippen LogP contribution in [0.1, 0.15) is 37.4 Å². The number of nitrogens with two attached hydrogens (primary N) is 1. The van der Waals surface area contributed by atoms with E-state index in [2.05, 4.69) is 5.32 Å². The molecule has 1 fully saturated rings. The number of ether oxygens (including phenoxy) is 2. The monoisotopic (exact) mass is 340 g/mol. The highest BCUT2D eigenvalue weighted by Gasteiger charge is 2.37. The molecule has 1 aliphatic carbocycles. The van der Waals surface area contributed by atoms with Gasteiger partial charge in [0.1, 0.15) is 13.2 Å². The minimum Gasteiger partial charge on any atom is -0.486 e. The van der Waals surface area contributed by atoms with Gasteiger partial charge >= 0.3 is 0 Å².